The summed E-state index contributed by atoms with van der Waals surface area (Å²) < 4.78 is 5.31. The minimum absolute atomic E-state index is 0.230. The van der Waals surface area contributed by atoms with Crippen LogP contribution in [0.15, 0.2) is 59.5 Å². The maximum absolute atomic E-state index is 11.9. The summed E-state index contributed by atoms with van der Waals surface area (Å²) in [6.45, 7) is 2.46. The van der Waals surface area contributed by atoms with Gasteiger partial charge in [-0.05, 0) is 43.3 Å². The summed E-state index contributed by atoms with van der Waals surface area (Å²) in [6.07, 6.45) is 0. The van der Waals surface area contributed by atoms with Crippen molar-refractivity contribution in [3.05, 3.63) is 60.2 Å². The molecule has 2 aromatic rings. The van der Waals surface area contributed by atoms with Crippen molar-refractivity contribution in [1.29, 1.82) is 0 Å². The van der Waals surface area contributed by atoms with E-state index in [0.29, 0.717) is 17.9 Å². The Labute approximate surface area is 139 Å². The van der Waals surface area contributed by atoms with Gasteiger partial charge in [0.15, 0.2) is 0 Å². The number of ether oxygens (including phenoxy) is 1. The minimum atomic E-state index is -0.369. The fraction of sp³-hybridized carbons (Fsp3) is 0.176. The number of carbonyl (C=O) groups is 2. The molecule has 0 saturated heterocycles. The summed E-state index contributed by atoms with van der Waals surface area (Å²) in [5.41, 5.74) is 5.24. The number of thioether (sulfide) groups is 1. The second-order valence-electron chi connectivity index (χ2n) is 4.56. The lowest BCUT2D eigenvalue weighted by atomic mass is 10.2. The molecule has 0 spiro atoms. The van der Waals surface area contributed by atoms with Crippen LogP contribution in [0.1, 0.15) is 17.3 Å². The lowest BCUT2D eigenvalue weighted by Crippen LogP contribution is -2.42. The predicted molar refractivity (Wildman–Crippen MR) is 90.4 cm³/mol. The van der Waals surface area contributed by atoms with Crippen molar-refractivity contribution < 1.29 is 14.3 Å². The summed E-state index contributed by atoms with van der Waals surface area (Å²) in [5, 5.41) is 0. The largest absolute Gasteiger partial charge is 0.494 e. The van der Waals surface area contributed by atoms with Gasteiger partial charge in [-0.15, -0.1) is 11.8 Å². The molecule has 0 fully saturated rings. The first kappa shape index (κ1) is 16.9. The van der Waals surface area contributed by atoms with Crippen molar-refractivity contribution in [1.82, 2.24) is 10.9 Å². The van der Waals surface area contributed by atoms with E-state index in [4.69, 9.17) is 4.74 Å². The van der Waals surface area contributed by atoms with E-state index in [-0.39, 0.29) is 17.6 Å². The van der Waals surface area contributed by atoms with E-state index >= 15 is 0 Å². The van der Waals surface area contributed by atoms with Gasteiger partial charge in [0.1, 0.15) is 5.75 Å². The zero-order valence-electron chi connectivity index (χ0n) is 12.7. The molecule has 0 aliphatic heterocycles. The van der Waals surface area contributed by atoms with E-state index in [1.54, 1.807) is 24.3 Å². The van der Waals surface area contributed by atoms with E-state index in [1.165, 1.54) is 11.8 Å². The molecule has 0 heterocycles. The number of rotatable bonds is 6. The van der Waals surface area contributed by atoms with E-state index < -0.39 is 0 Å². The van der Waals surface area contributed by atoms with Crippen LogP contribution in [-0.4, -0.2) is 24.2 Å². The molecular weight excluding hydrogens is 312 g/mol. The Morgan fingerprint density at radius 3 is 2.35 bits per heavy atom. The molecule has 0 aliphatic carbocycles. The number of hydrazine groups is 1. The minimum Gasteiger partial charge on any atom is -0.494 e. The third-order valence-electron chi connectivity index (χ3n) is 2.86. The molecule has 0 radical (unpaired) electrons. The molecule has 2 rings (SSSR count). The molecule has 2 amide bonds. The van der Waals surface area contributed by atoms with Crippen molar-refractivity contribution in [2.45, 2.75) is 11.8 Å². The van der Waals surface area contributed by atoms with Gasteiger partial charge >= 0.3 is 0 Å². The molecular formula is C17H18N2O3S. The monoisotopic (exact) mass is 330 g/mol. The van der Waals surface area contributed by atoms with Crippen molar-refractivity contribution in [2.24, 2.45) is 0 Å². The number of amides is 2. The van der Waals surface area contributed by atoms with Crippen molar-refractivity contribution in [3.8, 4) is 5.75 Å². The first-order valence-corrected chi connectivity index (χ1v) is 8.17. The molecule has 6 heteroatoms. The summed E-state index contributed by atoms with van der Waals surface area (Å²) in [6, 6.07) is 16.3. The van der Waals surface area contributed by atoms with Gasteiger partial charge in [-0.2, -0.15) is 0 Å². The van der Waals surface area contributed by atoms with E-state index in [2.05, 4.69) is 10.9 Å². The molecule has 2 aromatic carbocycles. The van der Waals surface area contributed by atoms with E-state index in [0.717, 1.165) is 4.90 Å². The highest BCUT2D eigenvalue weighted by Crippen LogP contribution is 2.16. The van der Waals surface area contributed by atoms with Crippen LogP contribution in [0.5, 0.6) is 5.75 Å². The van der Waals surface area contributed by atoms with Gasteiger partial charge < -0.3 is 4.74 Å². The second-order valence-corrected chi connectivity index (χ2v) is 5.61. The van der Waals surface area contributed by atoms with E-state index in [9.17, 15) is 9.59 Å². The average Bonchev–Trinajstić information content (AvgIpc) is 2.59. The highest BCUT2D eigenvalue weighted by atomic mass is 32.2. The standard InChI is InChI=1S/C17H18N2O3S/c1-2-22-14-10-8-13(9-11-14)17(21)19-18-16(20)12-23-15-6-4-3-5-7-15/h3-11H,2,12H2,1H3,(H,18,20)(H,19,21). The zero-order chi connectivity index (χ0) is 16.5. The van der Waals surface area contributed by atoms with Crippen LogP contribution < -0.4 is 15.6 Å². The Kier molecular flexibility index (Phi) is 6.50. The van der Waals surface area contributed by atoms with Crippen molar-refractivity contribution in [3.63, 3.8) is 0 Å². The highest BCUT2D eigenvalue weighted by Gasteiger charge is 2.08. The van der Waals surface area contributed by atoms with Gasteiger partial charge in [0, 0.05) is 10.5 Å². The van der Waals surface area contributed by atoms with Crippen molar-refractivity contribution in [2.75, 3.05) is 12.4 Å². The first-order valence-electron chi connectivity index (χ1n) is 7.19. The number of hydrogen-bond donors (Lipinski definition) is 2. The molecule has 0 atom stereocenters. The van der Waals surface area contributed by atoms with Crippen LogP contribution in [0.25, 0.3) is 0 Å². The van der Waals surface area contributed by atoms with Gasteiger partial charge in [-0.3, -0.25) is 20.4 Å². The van der Waals surface area contributed by atoms with Gasteiger partial charge in [0.25, 0.3) is 5.91 Å². The highest BCUT2D eigenvalue weighted by molar-refractivity contribution is 8.00. The van der Waals surface area contributed by atoms with E-state index in [1.807, 2.05) is 37.3 Å². The van der Waals surface area contributed by atoms with Crippen LogP contribution >= 0.6 is 11.8 Å². The van der Waals surface area contributed by atoms with Gasteiger partial charge in [0.05, 0.1) is 12.4 Å². The second kappa shape index (κ2) is 8.85. The Hall–Kier alpha value is -2.47. The smallest absolute Gasteiger partial charge is 0.269 e. The van der Waals surface area contributed by atoms with Gasteiger partial charge in [0.2, 0.25) is 5.91 Å². The van der Waals surface area contributed by atoms with Crippen molar-refractivity contribution >= 4 is 23.6 Å². The molecule has 23 heavy (non-hydrogen) atoms. The number of benzene rings is 2. The van der Waals surface area contributed by atoms with Crippen LogP contribution in [0.4, 0.5) is 0 Å². The molecule has 0 saturated carbocycles. The molecule has 0 unspecified atom stereocenters. The third kappa shape index (κ3) is 5.67. The number of hydrogen-bond acceptors (Lipinski definition) is 4. The van der Waals surface area contributed by atoms with Gasteiger partial charge in [-0.1, -0.05) is 18.2 Å². The molecule has 2 N–H and O–H groups in total. The lowest BCUT2D eigenvalue weighted by molar-refractivity contribution is -0.119. The van der Waals surface area contributed by atoms with Crippen LogP contribution in [0.2, 0.25) is 0 Å². The Balaban J connectivity index is 1.76. The maximum atomic E-state index is 11.9. The third-order valence-corrected chi connectivity index (χ3v) is 3.87. The zero-order valence-corrected chi connectivity index (χ0v) is 13.6. The number of nitrogens with one attached hydrogen (secondary N) is 2. The predicted octanol–water partition coefficient (Wildman–Crippen LogP) is 2.64. The lowest BCUT2D eigenvalue weighted by Gasteiger charge is -2.08. The van der Waals surface area contributed by atoms with Gasteiger partial charge in [-0.25, -0.2) is 0 Å². The molecule has 0 aromatic heterocycles. The summed E-state index contributed by atoms with van der Waals surface area (Å²) in [5.74, 6) is 0.296. The van der Waals surface area contributed by atoms with Crippen LogP contribution in [0, 0.1) is 0 Å². The van der Waals surface area contributed by atoms with Crippen LogP contribution in [-0.2, 0) is 4.79 Å². The average molecular weight is 330 g/mol. The normalized spacial score (nSPS) is 9.96. The topological polar surface area (TPSA) is 67.4 Å². The SMILES string of the molecule is CCOc1ccc(C(=O)NNC(=O)CSc2ccccc2)cc1. The fourth-order valence-corrected chi connectivity index (χ4v) is 2.49. The maximum Gasteiger partial charge on any atom is 0.269 e. The summed E-state index contributed by atoms with van der Waals surface area (Å²) >= 11 is 1.40. The summed E-state index contributed by atoms with van der Waals surface area (Å²) in [4.78, 5) is 24.6. The molecule has 0 bridgehead atoms. The summed E-state index contributed by atoms with van der Waals surface area (Å²) in [7, 11) is 0. The Morgan fingerprint density at radius 2 is 1.70 bits per heavy atom. The van der Waals surface area contributed by atoms with Crippen LogP contribution in [0.3, 0.4) is 0 Å². The molecule has 120 valence electrons. The molecule has 5 nitrogen and oxygen atoms in total. The Bertz CT molecular complexity index is 645. The Morgan fingerprint density at radius 1 is 1.00 bits per heavy atom. The fourth-order valence-electron chi connectivity index (χ4n) is 1.77. The molecule has 0 aliphatic rings. The first-order chi connectivity index (χ1) is 11.2. The quantitative estimate of drug-likeness (QED) is 0.631. The number of carbonyl (C=O) groups excluding carboxylic acids is 2.